The van der Waals surface area contributed by atoms with Crippen LogP contribution in [0.25, 0.3) is 0 Å². The van der Waals surface area contributed by atoms with Gasteiger partial charge in [0.05, 0.1) is 16.4 Å². The van der Waals surface area contributed by atoms with Crippen LogP contribution >= 0.6 is 27.3 Å². The highest BCUT2D eigenvalue weighted by atomic mass is 79.9. The highest BCUT2D eigenvalue weighted by Gasteiger charge is 2.06. The summed E-state index contributed by atoms with van der Waals surface area (Å²) >= 11 is 5.01. The maximum Gasteiger partial charge on any atom is 0.224 e. The third kappa shape index (κ3) is 3.65. The molecule has 18 heavy (non-hydrogen) atoms. The Kier molecular flexibility index (Phi) is 4.49. The van der Waals surface area contributed by atoms with E-state index in [9.17, 15) is 4.79 Å². The van der Waals surface area contributed by atoms with Crippen LogP contribution in [0.2, 0.25) is 0 Å². The van der Waals surface area contributed by atoms with Crippen LogP contribution in [-0.4, -0.2) is 10.9 Å². The minimum Gasteiger partial charge on any atom is -0.325 e. The smallest absolute Gasteiger partial charge is 0.224 e. The fourth-order valence-electron chi connectivity index (χ4n) is 1.54. The number of aryl methyl sites for hydroxylation is 2. The van der Waals surface area contributed by atoms with E-state index >= 15 is 0 Å². The zero-order valence-corrected chi connectivity index (χ0v) is 12.3. The van der Waals surface area contributed by atoms with Gasteiger partial charge in [0.15, 0.2) is 0 Å². The molecule has 0 radical (unpaired) electrons. The zero-order valence-electron chi connectivity index (χ0n) is 9.94. The Labute approximate surface area is 118 Å². The highest BCUT2D eigenvalue weighted by Crippen LogP contribution is 2.21. The normalized spacial score (nSPS) is 10.3. The number of hydrogen-bond donors (Lipinski definition) is 1. The van der Waals surface area contributed by atoms with Crippen LogP contribution in [0.15, 0.2) is 34.1 Å². The summed E-state index contributed by atoms with van der Waals surface area (Å²) in [6.45, 7) is 1.97. The number of para-hydroxylation sites is 1. The molecule has 0 atom stereocenters. The van der Waals surface area contributed by atoms with Crippen molar-refractivity contribution in [1.29, 1.82) is 0 Å². The van der Waals surface area contributed by atoms with Gasteiger partial charge in [-0.15, -0.1) is 11.3 Å². The largest absolute Gasteiger partial charge is 0.325 e. The number of amides is 1. The minimum atomic E-state index is 0.00699. The molecule has 0 saturated carbocycles. The number of thiazole rings is 1. The molecular weight excluding hydrogens is 312 g/mol. The molecule has 2 rings (SSSR count). The van der Waals surface area contributed by atoms with E-state index in [-0.39, 0.29) is 5.91 Å². The van der Waals surface area contributed by atoms with Crippen LogP contribution in [0.5, 0.6) is 0 Å². The van der Waals surface area contributed by atoms with Gasteiger partial charge >= 0.3 is 0 Å². The van der Waals surface area contributed by atoms with Crippen LogP contribution < -0.4 is 5.32 Å². The Bertz CT molecular complexity index is 553. The topological polar surface area (TPSA) is 42.0 Å². The Hall–Kier alpha value is -1.20. The number of aromatic nitrogens is 1. The number of rotatable bonds is 4. The molecule has 0 unspecified atom stereocenters. The van der Waals surface area contributed by atoms with Gasteiger partial charge in [-0.25, -0.2) is 4.98 Å². The van der Waals surface area contributed by atoms with Crippen LogP contribution in [-0.2, 0) is 11.2 Å². The second kappa shape index (κ2) is 6.11. The lowest BCUT2D eigenvalue weighted by Crippen LogP contribution is -2.12. The summed E-state index contributed by atoms with van der Waals surface area (Å²) in [5.74, 6) is 0.00699. The van der Waals surface area contributed by atoms with Gasteiger partial charge in [0.25, 0.3) is 0 Å². The molecule has 0 spiro atoms. The molecule has 94 valence electrons. The van der Waals surface area contributed by atoms with Gasteiger partial charge in [-0.1, -0.05) is 12.1 Å². The molecule has 1 aromatic heterocycles. The molecule has 1 N–H and O–H groups in total. The SMILES string of the molecule is Cc1nc(CCC(=O)Nc2ccccc2Br)cs1. The molecule has 0 aliphatic rings. The molecule has 2 aromatic rings. The van der Waals surface area contributed by atoms with Crippen molar-refractivity contribution in [2.75, 3.05) is 5.32 Å². The van der Waals surface area contributed by atoms with E-state index < -0.39 is 0 Å². The van der Waals surface area contributed by atoms with E-state index in [0.717, 1.165) is 20.9 Å². The molecular formula is C13H13BrN2OS. The third-order valence-electron chi connectivity index (χ3n) is 2.42. The zero-order chi connectivity index (χ0) is 13.0. The number of benzene rings is 1. The average Bonchev–Trinajstić information content (AvgIpc) is 2.76. The Morgan fingerprint density at radius 2 is 2.22 bits per heavy atom. The summed E-state index contributed by atoms with van der Waals surface area (Å²) in [6, 6.07) is 7.58. The molecule has 0 fully saturated rings. The summed E-state index contributed by atoms with van der Waals surface area (Å²) in [5, 5.41) is 5.92. The Morgan fingerprint density at radius 3 is 2.89 bits per heavy atom. The van der Waals surface area contributed by atoms with Crippen LogP contribution in [0, 0.1) is 6.92 Å². The maximum absolute atomic E-state index is 11.8. The molecule has 1 aromatic carbocycles. The first-order valence-electron chi connectivity index (χ1n) is 5.60. The fourth-order valence-corrected chi connectivity index (χ4v) is 2.57. The third-order valence-corrected chi connectivity index (χ3v) is 3.94. The molecule has 1 amide bonds. The molecule has 5 heteroatoms. The van der Waals surface area contributed by atoms with E-state index in [1.165, 1.54) is 0 Å². The van der Waals surface area contributed by atoms with Gasteiger partial charge in [-0.3, -0.25) is 4.79 Å². The lowest BCUT2D eigenvalue weighted by Gasteiger charge is -2.06. The quantitative estimate of drug-likeness (QED) is 0.929. The highest BCUT2D eigenvalue weighted by molar-refractivity contribution is 9.10. The summed E-state index contributed by atoms with van der Waals surface area (Å²) in [5.41, 5.74) is 1.79. The van der Waals surface area contributed by atoms with Gasteiger partial charge < -0.3 is 5.32 Å². The van der Waals surface area contributed by atoms with E-state index in [4.69, 9.17) is 0 Å². The van der Waals surface area contributed by atoms with Crippen LogP contribution in [0.4, 0.5) is 5.69 Å². The molecule has 3 nitrogen and oxygen atoms in total. The van der Waals surface area contributed by atoms with Crippen molar-refractivity contribution >= 4 is 38.9 Å². The van der Waals surface area contributed by atoms with E-state index in [0.29, 0.717) is 12.8 Å². The first-order valence-corrected chi connectivity index (χ1v) is 7.28. The van der Waals surface area contributed by atoms with Crippen molar-refractivity contribution in [1.82, 2.24) is 4.98 Å². The lowest BCUT2D eigenvalue weighted by molar-refractivity contribution is -0.116. The Balaban J connectivity index is 1.88. The summed E-state index contributed by atoms with van der Waals surface area (Å²) < 4.78 is 0.892. The van der Waals surface area contributed by atoms with Crippen LogP contribution in [0.1, 0.15) is 17.1 Å². The second-order valence-electron chi connectivity index (χ2n) is 3.89. The molecule has 0 saturated heterocycles. The maximum atomic E-state index is 11.8. The monoisotopic (exact) mass is 324 g/mol. The first kappa shape index (κ1) is 13.2. The van der Waals surface area contributed by atoms with Gasteiger partial charge in [0.1, 0.15) is 0 Å². The predicted molar refractivity (Wildman–Crippen MR) is 77.9 cm³/mol. The number of carbonyl (C=O) groups excluding carboxylic acids is 1. The minimum absolute atomic E-state index is 0.00699. The van der Waals surface area contributed by atoms with Crippen molar-refractivity contribution in [2.24, 2.45) is 0 Å². The van der Waals surface area contributed by atoms with Crippen molar-refractivity contribution in [3.8, 4) is 0 Å². The van der Waals surface area contributed by atoms with Gasteiger partial charge in [-0.05, 0) is 41.4 Å². The number of halogens is 1. The number of carbonyl (C=O) groups is 1. The van der Waals surface area contributed by atoms with Gasteiger partial charge in [0, 0.05) is 16.3 Å². The average molecular weight is 325 g/mol. The molecule has 0 aliphatic carbocycles. The second-order valence-corrected chi connectivity index (χ2v) is 5.80. The van der Waals surface area contributed by atoms with E-state index in [1.807, 2.05) is 36.6 Å². The standard InChI is InChI=1S/C13H13BrN2OS/c1-9-15-10(8-18-9)6-7-13(17)16-12-5-3-2-4-11(12)14/h2-5,8H,6-7H2,1H3,(H,16,17). The van der Waals surface area contributed by atoms with Gasteiger partial charge in [0.2, 0.25) is 5.91 Å². The Morgan fingerprint density at radius 1 is 1.44 bits per heavy atom. The molecule has 1 heterocycles. The lowest BCUT2D eigenvalue weighted by atomic mass is 10.2. The number of nitrogens with one attached hydrogen (secondary N) is 1. The van der Waals surface area contributed by atoms with Crippen molar-refractivity contribution in [2.45, 2.75) is 19.8 Å². The van der Waals surface area contributed by atoms with Crippen molar-refractivity contribution < 1.29 is 4.79 Å². The van der Waals surface area contributed by atoms with Gasteiger partial charge in [-0.2, -0.15) is 0 Å². The fraction of sp³-hybridized carbons (Fsp3) is 0.231. The molecule has 0 bridgehead atoms. The number of nitrogens with zero attached hydrogens (tertiary/aromatic N) is 1. The number of anilines is 1. The van der Waals surface area contributed by atoms with Crippen molar-refractivity contribution in [3.63, 3.8) is 0 Å². The number of hydrogen-bond acceptors (Lipinski definition) is 3. The summed E-state index contributed by atoms with van der Waals surface area (Å²) in [7, 11) is 0. The summed E-state index contributed by atoms with van der Waals surface area (Å²) in [4.78, 5) is 16.1. The van der Waals surface area contributed by atoms with Crippen LogP contribution in [0.3, 0.4) is 0 Å². The first-order chi connectivity index (χ1) is 8.65. The van der Waals surface area contributed by atoms with E-state index in [1.54, 1.807) is 11.3 Å². The van der Waals surface area contributed by atoms with E-state index in [2.05, 4.69) is 26.2 Å². The molecule has 0 aliphatic heterocycles. The summed E-state index contributed by atoms with van der Waals surface area (Å²) in [6.07, 6.45) is 1.13. The predicted octanol–water partition coefficient (Wildman–Crippen LogP) is 3.79. The van der Waals surface area contributed by atoms with Crippen molar-refractivity contribution in [3.05, 3.63) is 44.8 Å².